The van der Waals surface area contributed by atoms with Gasteiger partial charge in [0.25, 0.3) is 0 Å². The molecule has 3 N–H and O–H groups in total. The number of benzene rings is 2. The van der Waals surface area contributed by atoms with Crippen LogP contribution in [0.1, 0.15) is 57.1 Å². The van der Waals surface area contributed by atoms with E-state index in [1.807, 2.05) is 74.5 Å². The molecule has 0 unspecified atom stereocenters. The van der Waals surface area contributed by atoms with E-state index in [2.05, 4.69) is 16.0 Å². The number of nitrogens with one attached hydrogen (secondary N) is 3. The summed E-state index contributed by atoms with van der Waals surface area (Å²) in [6.07, 6.45) is 2.61. The molecule has 10 nitrogen and oxygen atoms in total. The summed E-state index contributed by atoms with van der Waals surface area (Å²) in [5.74, 6) is -1.06. The van der Waals surface area contributed by atoms with Gasteiger partial charge in [-0.25, -0.2) is 4.79 Å². The highest BCUT2D eigenvalue weighted by Crippen LogP contribution is 2.12. The predicted octanol–water partition coefficient (Wildman–Crippen LogP) is 3.14. The van der Waals surface area contributed by atoms with Gasteiger partial charge in [-0.1, -0.05) is 74.5 Å². The summed E-state index contributed by atoms with van der Waals surface area (Å²) in [6.45, 7) is 5.32. The first-order valence-corrected chi connectivity index (χ1v) is 14.6. The second-order valence-electron chi connectivity index (χ2n) is 11.0. The van der Waals surface area contributed by atoms with E-state index in [0.29, 0.717) is 25.8 Å². The van der Waals surface area contributed by atoms with Gasteiger partial charge in [0, 0.05) is 25.9 Å². The number of hydrogen-bond acceptors (Lipinski definition) is 6. The number of carbonyl (C=O) groups is 5. The van der Waals surface area contributed by atoms with Gasteiger partial charge in [-0.3, -0.25) is 14.4 Å². The minimum Gasteiger partial charge on any atom is -0.445 e. The zero-order valence-corrected chi connectivity index (χ0v) is 24.4. The smallest absolute Gasteiger partial charge is 0.408 e. The SMILES string of the molecule is CC(C)C[C@H](NC(=O)OCc1ccccc1)C(=O)N[C@@H](Cc1ccccc1)C(=O)N[C@H](C=O)CCC(=O)N1CCCC1. The van der Waals surface area contributed by atoms with Crippen LogP contribution in [-0.4, -0.2) is 66.2 Å². The van der Waals surface area contributed by atoms with E-state index < -0.39 is 36.0 Å². The van der Waals surface area contributed by atoms with E-state index >= 15 is 0 Å². The number of amides is 4. The third kappa shape index (κ3) is 11.0. The minimum absolute atomic E-state index is 0.0375. The maximum atomic E-state index is 13.4. The summed E-state index contributed by atoms with van der Waals surface area (Å²) in [6, 6.07) is 15.5. The molecule has 0 aromatic heterocycles. The maximum Gasteiger partial charge on any atom is 0.408 e. The van der Waals surface area contributed by atoms with Crippen molar-refractivity contribution in [2.24, 2.45) is 5.92 Å². The average Bonchev–Trinajstić information content (AvgIpc) is 3.53. The van der Waals surface area contributed by atoms with E-state index in [1.165, 1.54) is 0 Å². The topological polar surface area (TPSA) is 134 Å². The van der Waals surface area contributed by atoms with Gasteiger partial charge in [-0.05, 0) is 42.7 Å². The number of aldehydes is 1. The standard InChI is InChI=1S/C32H42N4O6/c1-23(2)19-27(35-32(41)42-22-25-13-7-4-8-14-25)31(40)34-28(20-24-11-5-3-6-12-24)30(39)33-26(21-37)15-16-29(38)36-17-9-10-18-36/h3-8,11-14,21,23,26-28H,9-10,15-20,22H2,1-2H3,(H,33,39)(H,34,40)(H,35,41)/t26-,27-,28-/m0/s1. The monoisotopic (exact) mass is 578 g/mol. The molecule has 0 spiro atoms. The number of hydrogen-bond donors (Lipinski definition) is 3. The third-order valence-electron chi connectivity index (χ3n) is 7.06. The Labute approximate surface area is 247 Å². The second kappa shape index (κ2) is 16.9. The molecular formula is C32H42N4O6. The molecule has 2 aromatic rings. The lowest BCUT2D eigenvalue weighted by Gasteiger charge is -2.25. The summed E-state index contributed by atoms with van der Waals surface area (Å²) >= 11 is 0. The zero-order chi connectivity index (χ0) is 30.3. The van der Waals surface area contributed by atoms with Crippen LogP contribution in [0.3, 0.4) is 0 Å². The van der Waals surface area contributed by atoms with E-state index in [0.717, 1.165) is 24.0 Å². The van der Waals surface area contributed by atoms with Crippen LogP contribution in [0, 0.1) is 5.92 Å². The lowest BCUT2D eigenvalue weighted by atomic mass is 10.0. The molecule has 4 amide bonds. The van der Waals surface area contributed by atoms with Crippen molar-refractivity contribution in [1.29, 1.82) is 0 Å². The van der Waals surface area contributed by atoms with Crippen LogP contribution in [0.25, 0.3) is 0 Å². The summed E-state index contributed by atoms with van der Waals surface area (Å²) in [4.78, 5) is 65.4. The fourth-order valence-electron chi connectivity index (χ4n) is 4.80. The Balaban J connectivity index is 1.65. The lowest BCUT2D eigenvalue weighted by Crippen LogP contribution is -2.56. The average molecular weight is 579 g/mol. The molecule has 0 radical (unpaired) electrons. The van der Waals surface area contributed by atoms with Gasteiger partial charge in [0.15, 0.2) is 0 Å². The summed E-state index contributed by atoms with van der Waals surface area (Å²) in [5.41, 5.74) is 1.62. The number of nitrogens with zero attached hydrogens (tertiary/aromatic N) is 1. The highest BCUT2D eigenvalue weighted by atomic mass is 16.5. The number of rotatable bonds is 15. The van der Waals surface area contributed by atoms with Crippen molar-refractivity contribution < 1.29 is 28.7 Å². The van der Waals surface area contributed by atoms with Crippen LogP contribution >= 0.6 is 0 Å². The van der Waals surface area contributed by atoms with Gasteiger partial charge in [-0.15, -0.1) is 0 Å². The first-order chi connectivity index (χ1) is 20.2. The molecule has 226 valence electrons. The van der Waals surface area contributed by atoms with Crippen molar-refractivity contribution in [1.82, 2.24) is 20.9 Å². The summed E-state index contributed by atoms with van der Waals surface area (Å²) < 4.78 is 5.31. The molecule has 42 heavy (non-hydrogen) atoms. The largest absolute Gasteiger partial charge is 0.445 e. The fourth-order valence-corrected chi connectivity index (χ4v) is 4.80. The highest BCUT2D eigenvalue weighted by molar-refractivity contribution is 5.92. The fraction of sp³-hybridized carbons (Fsp3) is 0.469. The lowest BCUT2D eigenvalue weighted by molar-refractivity contribution is -0.132. The van der Waals surface area contributed by atoms with Crippen LogP contribution in [0.5, 0.6) is 0 Å². The molecular weight excluding hydrogens is 536 g/mol. The number of alkyl carbamates (subject to hydrolysis) is 1. The van der Waals surface area contributed by atoms with E-state index in [-0.39, 0.29) is 37.7 Å². The Morgan fingerprint density at radius 1 is 0.833 bits per heavy atom. The summed E-state index contributed by atoms with van der Waals surface area (Å²) in [5, 5.41) is 8.10. The first kappa shape index (κ1) is 32.3. The van der Waals surface area contributed by atoms with E-state index in [4.69, 9.17) is 4.74 Å². The summed E-state index contributed by atoms with van der Waals surface area (Å²) in [7, 11) is 0. The maximum absolute atomic E-state index is 13.4. The molecule has 1 fully saturated rings. The number of likely N-dealkylation sites (tertiary alicyclic amines) is 1. The molecule has 1 aliphatic heterocycles. The molecule has 3 rings (SSSR count). The van der Waals surface area contributed by atoms with Gasteiger partial charge < -0.3 is 30.4 Å². The highest BCUT2D eigenvalue weighted by Gasteiger charge is 2.29. The Kier molecular flexibility index (Phi) is 13.0. The van der Waals surface area contributed by atoms with Crippen molar-refractivity contribution in [2.75, 3.05) is 13.1 Å². The van der Waals surface area contributed by atoms with Crippen LogP contribution in [0.2, 0.25) is 0 Å². The minimum atomic E-state index is -1.02. The molecule has 0 aliphatic carbocycles. The van der Waals surface area contributed by atoms with Crippen molar-refractivity contribution in [2.45, 2.75) is 77.1 Å². The van der Waals surface area contributed by atoms with Crippen LogP contribution in [0.15, 0.2) is 60.7 Å². The van der Waals surface area contributed by atoms with Crippen LogP contribution in [-0.2, 0) is 36.9 Å². The van der Waals surface area contributed by atoms with Crippen molar-refractivity contribution in [3.8, 4) is 0 Å². The number of carbonyl (C=O) groups excluding carboxylic acids is 5. The molecule has 0 saturated carbocycles. The Bertz CT molecular complexity index is 1170. The predicted molar refractivity (Wildman–Crippen MR) is 158 cm³/mol. The van der Waals surface area contributed by atoms with Crippen LogP contribution in [0.4, 0.5) is 4.79 Å². The second-order valence-corrected chi connectivity index (χ2v) is 11.0. The van der Waals surface area contributed by atoms with Gasteiger partial charge in [0.05, 0.1) is 6.04 Å². The third-order valence-corrected chi connectivity index (χ3v) is 7.06. The quantitative estimate of drug-likeness (QED) is 0.278. The Morgan fingerprint density at radius 2 is 1.43 bits per heavy atom. The van der Waals surface area contributed by atoms with Crippen molar-refractivity contribution in [3.63, 3.8) is 0 Å². The molecule has 1 saturated heterocycles. The van der Waals surface area contributed by atoms with E-state index in [1.54, 1.807) is 4.90 Å². The van der Waals surface area contributed by atoms with Crippen LogP contribution < -0.4 is 16.0 Å². The normalized spacial score (nSPS) is 14.9. The molecule has 0 bridgehead atoms. The van der Waals surface area contributed by atoms with Gasteiger partial charge in [-0.2, -0.15) is 0 Å². The molecule has 10 heteroatoms. The zero-order valence-electron chi connectivity index (χ0n) is 24.4. The van der Waals surface area contributed by atoms with Crippen molar-refractivity contribution >= 4 is 30.1 Å². The van der Waals surface area contributed by atoms with Crippen molar-refractivity contribution in [3.05, 3.63) is 71.8 Å². The molecule has 1 heterocycles. The molecule has 1 aliphatic rings. The molecule has 2 aromatic carbocycles. The van der Waals surface area contributed by atoms with E-state index in [9.17, 15) is 24.0 Å². The Hall–Kier alpha value is -4.21. The number of ether oxygens (including phenoxy) is 1. The van der Waals surface area contributed by atoms with Gasteiger partial charge in [0.1, 0.15) is 25.0 Å². The van der Waals surface area contributed by atoms with Gasteiger partial charge >= 0.3 is 6.09 Å². The van der Waals surface area contributed by atoms with Gasteiger partial charge in [0.2, 0.25) is 17.7 Å². The Morgan fingerprint density at radius 3 is 2.02 bits per heavy atom. The first-order valence-electron chi connectivity index (χ1n) is 14.6. The molecule has 3 atom stereocenters.